The highest BCUT2D eigenvalue weighted by molar-refractivity contribution is 8.76. The summed E-state index contributed by atoms with van der Waals surface area (Å²) in [6.45, 7) is 11.1. The van der Waals surface area contributed by atoms with Crippen molar-refractivity contribution >= 4 is 44.1 Å². The van der Waals surface area contributed by atoms with E-state index in [1.54, 1.807) is 60.0 Å². The van der Waals surface area contributed by atoms with Crippen molar-refractivity contribution in [2.75, 3.05) is 0 Å². The average molecular weight is 477 g/mol. The zero-order valence-corrected chi connectivity index (χ0v) is 18.8. The molecule has 6 N–H and O–H groups in total. The van der Waals surface area contributed by atoms with Gasteiger partial charge in [-0.3, -0.25) is 19.1 Å². The van der Waals surface area contributed by atoms with E-state index in [0.717, 1.165) is 22.3 Å². The van der Waals surface area contributed by atoms with Gasteiger partial charge >= 0.3 is 10.4 Å². The van der Waals surface area contributed by atoms with Crippen molar-refractivity contribution in [3.8, 4) is 11.5 Å². The third-order valence-electron chi connectivity index (χ3n) is 3.68. The zero-order chi connectivity index (χ0) is 22.2. The summed E-state index contributed by atoms with van der Waals surface area (Å²) in [6.07, 6.45) is 6.83. The van der Waals surface area contributed by atoms with Crippen molar-refractivity contribution in [3.05, 3.63) is 59.2 Å². The van der Waals surface area contributed by atoms with E-state index in [-0.39, 0.29) is 17.0 Å². The predicted molar refractivity (Wildman–Crippen MR) is 122 cm³/mol. The standard InChI is InChI=1S/C18H20N2O2S2.H2O4S.H2O/c1-5-13-7-19-11(3)17(21)15(13)9-23-24-10-16-14(6-2)8-20-12(4)18(16)22;1-5(2,3)4;/h5-8,21-22H,1-2,9-10H2,3-4H3;(H2,1,2,3,4);1H2. The number of aryl methyl sites for hydroxylation is 2. The molecule has 0 fully saturated rings. The van der Waals surface area contributed by atoms with Crippen molar-refractivity contribution < 1.29 is 33.2 Å². The summed E-state index contributed by atoms with van der Waals surface area (Å²) < 4.78 is 31.6. The summed E-state index contributed by atoms with van der Waals surface area (Å²) in [5.41, 5.74) is 4.54. The van der Waals surface area contributed by atoms with Crippen LogP contribution in [0.1, 0.15) is 33.6 Å². The van der Waals surface area contributed by atoms with E-state index in [4.69, 9.17) is 17.5 Å². The first-order chi connectivity index (χ1) is 13.5. The third kappa shape index (κ3) is 8.73. The van der Waals surface area contributed by atoms with Gasteiger partial charge in [-0.05, 0) is 25.0 Å². The van der Waals surface area contributed by atoms with E-state index < -0.39 is 10.4 Å². The molecule has 0 radical (unpaired) electrons. The van der Waals surface area contributed by atoms with Crippen molar-refractivity contribution in [3.63, 3.8) is 0 Å². The van der Waals surface area contributed by atoms with Crippen LogP contribution in [0.5, 0.6) is 11.5 Å². The molecule has 0 spiro atoms. The van der Waals surface area contributed by atoms with Gasteiger partial charge in [-0.15, -0.1) is 0 Å². The molecule has 0 aliphatic heterocycles. The lowest BCUT2D eigenvalue weighted by molar-refractivity contribution is 0.381. The second-order valence-corrected chi connectivity index (χ2v) is 8.99. The van der Waals surface area contributed by atoms with Gasteiger partial charge < -0.3 is 15.7 Å². The van der Waals surface area contributed by atoms with E-state index in [9.17, 15) is 10.2 Å². The number of rotatable bonds is 7. The SMILES string of the molecule is C=Cc1cnc(C)c(O)c1CSSCc1c(C=C)cnc(C)c1O.O.O=S(=O)(O)O. The van der Waals surface area contributed by atoms with E-state index in [0.29, 0.717) is 22.9 Å². The largest absolute Gasteiger partial charge is 0.506 e. The summed E-state index contributed by atoms with van der Waals surface area (Å²) in [5, 5.41) is 20.4. The highest BCUT2D eigenvalue weighted by Gasteiger charge is 2.13. The molecule has 9 nitrogen and oxygen atoms in total. The fraction of sp³-hybridized carbons (Fsp3) is 0.222. The van der Waals surface area contributed by atoms with Gasteiger partial charge in [0, 0.05) is 35.0 Å². The molecule has 2 heterocycles. The van der Waals surface area contributed by atoms with Gasteiger partial charge in [0.15, 0.2) is 0 Å². The van der Waals surface area contributed by atoms with Gasteiger partial charge in [0.1, 0.15) is 11.5 Å². The second kappa shape index (κ2) is 12.6. The number of hydrogen-bond acceptors (Lipinski definition) is 8. The van der Waals surface area contributed by atoms with E-state index in [2.05, 4.69) is 23.1 Å². The molecule has 0 saturated carbocycles. The van der Waals surface area contributed by atoms with Crippen LogP contribution in [0.15, 0.2) is 25.6 Å². The molecule has 2 rings (SSSR count). The Bertz CT molecular complexity index is 922. The Morgan fingerprint density at radius 1 is 0.900 bits per heavy atom. The van der Waals surface area contributed by atoms with Gasteiger partial charge in [0.2, 0.25) is 0 Å². The van der Waals surface area contributed by atoms with Gasteiger partial charge in [-0.25, -0.2) is 0 Å². The second-order valence-electron chi connectivity index (χ2n) is 5.63. The molecular formula is C18H24N2O7S3. The normalized spacial score (nSPS) is 10.4. The number of aromatic nitrogens is 2. The molecule has 12 heteroatoms. The van der Waals surface area contributed by atoms with Crippen LogP contribution in [0.3, 0.4) is 0 Å². The minimum absolute atomic E-state index is 0. The third-order valence-corrected chi connectivity index (χ3v) is 5.87. The predicted octanol–water partition coefficient (Wildman–Crippen LogP) is 3.39. The lowest BCUT2D eigenvalue weighted by Crippen LogP contribution is -1.94. The molecule has 0 aromatic carbocycles. The first kappa shape index (κ1) is 27.9. The van der Waals surface area contributed by atoms with Crippen LogP contribution in [0.2, 0.25) is 0 Å². The smallest absolute Gasteiger partial charge is 0.394 e. The summed E-state index contributed by atoms with van der Waals surface area (Å²) >= 11 is 0. The molecule has 0 unspecified atom stereocenters. The molecule has 0 aliphatic rings. The topological polar surface area (TPSA) is 172 Å². The van der Waals surface area contributed by atoms with Gasteiger partial charge in [-0.1, -0.05) is 46.9 Å². The van der Waals surface area contributed by atoms with Crippen molar-refractivity contribution in [1.29, 1.82) is 0 Å². The van der Waals surface area contributed by atoms with Crippen LogP contribution >= 0.6 is 21.6 Å². The molecular weight excluding hydrogens is 452 g/mol. The van der Waals surface area contributed by atoms with Crippen LogP contribution in [0.4, 0.5) is 0 Å². The molecule has 30 heavy (non-hydrogen) atoms. The Kier molecular flexibility index (Phi) is 11.7. The Hall–Kier alpha value is -2.09. The van der Waals surface area contributed by atoms with Gasteiger partial charge in [0.25, 0.3) is 0 Å². The van der Waals surface area contributed by atoms with Crippen LogP contribution in [0.25, 0.3) is 12.2 Å². The Labute approximate surface area is 183 Å². The Balaban J connectivity index is 0.00000125. The summed E-state index contributed by atoms with van der Waals surface area (Å²) in [6, 6.07) is 0. The van der Waals surface area contributed by atoms with Crippen molar-refractivity contribution in [1.82, 2.24) is 9.97 Å². The monoisotopic (exact) mass is 476 g/mol. The molecule has 2 aromatic heterocycles. The van der Waals surface area contributed by atoms with Crippen LogP contribution in [-0.2, 0) is 21.9 Å². The minimum Gasteiger partial charge on any atom is -0.506 e. The molecule has 2 aromatic rings. The average Bonchev–Trinajstić information content (AvgIpc) is 2.64. The molecule has 0 aliphatic carbocycles. The highest BCUT2D eigenvalue weighted by atomic mass is 33.1. The molecule has 0 amide bonds. The fourth-order valence-corrected chi connectivity index (χ4v) is 4.39. The minimum atomic E-state index is -4.67. The zero-order valence-electron chi connectivity index (χ0n) is 16.4. The number of pyridine rings is 2. The first-order valence-electron chi connectivity index (χ1n) is 8.03. The van der Waals surface area contributed by atoms with Crippen LogP contribution in [-0.4, -0.2) is 43.2 Å². The summed E-state index contributed by atoms with van der Waals surface area (Å²) in [7, 11) is -1.46. The van der Waals surface area contributed by atoms with Crippen molar-refractivity contribution in [2.24, 2.45) is 0 Å². The maximum Gasteiger partial charge on any atom is 0.394 e. The van der Waals surface area contributed by atoms with E-state index >= 15 is 0 Å². The maximum atomic E-state index is 10.2. The molecule has 166 valence electrons. The molecule has 0 atom stereocenters. The van der Waals surface area contributed by atoms with Gasteiger partial charge in [0.05, 0.1) is 11.4 Å². The highest BCUT2D eigenvalue weighted by Crippen LogP contribution is 2.37. The summed E-state index contributed by atoms with van der Waals surface area (Å²) in [4.78, 5) is 8.28. The number of aromatic hydroxyl groups is 2. The molecule has 0 bridgehead atoms. The van der Waals surface area contributed by atoms with E-state index in [1.807, 2.05) is 0 Å². The lowest BCUT2D eigenvalue weighted by Gasteiger charge is -2.11. The van der Waals surface area contributed by atoms with Crippen LogP contribution in [0, 0.1) is 13.8 Å². The number of hydrogen-bond donors (Lipinski definition) is 4. The first-order valence-corrected chi connectivity index (χ1v) is 11.9. The fourth-order valence-electron chi connectivity index (χ4n) is 2.18. The maximum absolute atomic E-state index is 10.2. The lowest BCUT2D eigenvalue weighted by atomic mass is 10.1. The van der Waals surface area contributed by atoms with Crippen molar-refractivity contribution in [2.45, 2.75) is 25.4 Å². The van der Waals surface area contributed by atoms with Crippen LogP contribution < -0.4 is 0 Å². The Morgan fingerprint density at radius 2 is 1.20 bits per heavy atom. The quantitative estimate of drug-likeness (QED) is 0.263. The summed E-state index contributed by atoms with van der Waals surface area (Å²) in [5.74, 6) is 1.68. The van der Waals surface area contributed by atoms with Gasteiger partial charge in [-0.2, -0.15) is 8.42 Å². The molecule has 0 saturated heterocycles. The van der Waals surface area contributed by atoms with E-state index in [1.165, 1.54) is 0 Å². The number of nitrogens with zero attached hydrogens (tertiary/aromatic N) is 2. The Morgan fingerprint density at radius 3 is 1.47 bits per heavy atom.